The van der Waals surface area contributed by atoms with Crippen molar-refractivity contribution in [2.75, 3.05) is 26.2 Å². The lowest BCUT2D eigenvalue weighted by Gasteiger charge is -2.22. The number of carbonyl (C=O) groups excluding carboxylic acids is 1. The minimum absolute atomic E-state index is 0.187. The van der Waals surface area contributed by atoms with Crippen LogP contribution < -0.4 is 0 Å². The smallest absolute Gasteiger partial charge is 0.222 e. The molecule has 3 rings (SSSR count). The van der Waals surface area contributed by atoms with E-state index in [1.807, 2.05) is 11.0 Å². The van der Waals surface area contributed by atoms with Crippen LogP contribution in [0.4, 0.5) is 4.39 Å². The summed E-state index contributed by atoms with van der Waals surface area (Å²) in [5.41, 5.74) is 2.24. The summed E-state index contributed by atoms with van der Waals surface area (Å²) >= 11 is 1.67. The first-order valence-corrected chi connectivity index (χ1v) is 9.40. The molecule has 2 aromatic rings. The highest BCUT2D eigenvalue weighted by molar-refractivity contribution is 7.07. The number of thiophene rings is 1. The van der Waals surface area contributed by atoms with Crippen molar-refractivity contribution in [3.8, 4) is 0 Å². The van der Waals surface area contributed by atoms with E-state index in [4.69, 9.17) is 0 Å². The molecule has 0 radical (unpaired) electrons. The van der Waals surface area contributed by atoms with E-state index < -0.39 is 0 Å². The number of rotatable bonds is 5. The molecule has 0 saturated carbocycles. The Bertz CT molecular complexity index is 659. The molecule has 5 heteroatoms. The zero-order valence-electron chi connectivity index (χ0n) is 13.8. The van der Waals surface area contributed by atoms with Gasteiger partial charge in [-0.05, 0) is 52.9 Å². The number of hydrogen-bond donors (Lipinski definition) is 0. The molecule has 1 aliphatic heterocycles. The van der Waals surface area contributed by atoms with Gasteiger partial charge in [-0.25, -0.2) is 4.39 Å². The van der Waals surface area contributed by atoms with Crippen molar-refractivity contribution in [2.45, 2.75) is 25.8 Å². The van der Waals surface area contributed by atoms with Gasteiger partial charge in [0, 0.05) is 39.1 Å². The summed E-state index contributed by atoms with van der Waals surface area (Å²) in [6.45, 7) is 4.13. The van der Waals surface area contributed by atoms with Crippen LogP contribution in [-0.4, -0.2) is 41.9 Å². The molecule has 24 heavy (non-hydrogen) atoms. The maximum Gasteiger partial charge on any atom is 0.222 e. The number of hydrogen-bond acceptors (Lipinski definition) is 3. The summed E-state index contributed by atoms with van der Waals surface area (Å²) < 4.78 is 13.3. The van der Waals surface area contributed by atoms with E-state index in [0.717, 1.165) is 51.1 Å². The Balaban J connectivity index is 1.48. The van der Waals surface area contributed by atoms with Crippen molar-refractivity contribution < 1.29 is 9.18 Å². The van der Waals surface area contributed by atoms with E-state index in [2.05, 4.69) is 21.7 Å². The van der Waals surface area contributed by atoms with Crippen molar-refractivity contribution in [1.29, 1.82) is 0 Å². The Morgan fingerprint density at radius 1 is 1.12 bits per heavy atom. The predicted molar refractivity (Wildman–Crippen MR) is 95.5 cm³/mol. The van der Waals surface area contributed by atoms with Gasteiger partial charge in [0.05, 0.1) is 0 Å². The molecule has 0 atom stereocenters. The number of carbonyl (C=O) groups is 1. The second kappa shape index (κ2) is 8.40. The van der Waals surface area contributed by atoms with Gasteiger partial charge in [-0.1, -0.05) is 12.1 Å². The average molecular weight is 346 g/mol. The molecule has 0 unspecified atom stereocenters. The number of halogens is 1. The SMILES string of the molecule is O=C(CCc1ccsc1)N1CCCN(Cc2cccc(F)c2)CC1. The summed E-state index contributed by atoms with van der Waals surface area (Å²) in [4.78, 5) is 16.7. The maximum atomic E-state index is 13.3. The van der Waals surface area contributed by atoms with E-state index in [0.29, 0.717) is 6.42 Å². The molecule has 3 nitrogen and oxygen atoms in total. The van der Waals surface area contributed by atoms with E-state index in [9.17, 15) is 9.18 Å². The first kappa shape index (κ1) is 17.1. The van der Waals surface area contributed by atoms with Gasteiger partial charge in [0.15, 0.2) is 0 Å². The first-order chi connectivity index (χ1) is 11.7. The van der Waals surface area contributed by atoms with Crippen molar-refractivity contribution in [1.82, 2.24) is 9.80 Å². The second-order valence-corrected chi connectivity index (χ2v) is 7.05. The van der Waals surface area contributed by atoms with Crippen LogP contribution in [0.3, 0.4) is 0 Å². The summed E-state index contributed by atoms with van der Waals surface area (Å²) in [7, 11) is 0. The summed E-state index contributed by atoms with van der Waals surface area (Å²) in [6, 6.07) is 8.86. The van der Waals surface area contributed by atoms with Gasteiger partial charge in [-0.15, -0.1) is 0 Å². The largest absolute Gasteiger partial charge is 0.341 e. The molecule has 1 aromatic carbocycles. The zero-order chi connectivity index (χ0) is 16.8. The van der Waals surface area contributed by atoms with Gasteiger partial charge < -0.3 is 4.90 Å². The van der Waals surface area contributed by atoms with E-state index in [-0.39, 0.29) is 11.7 Å². The monoisotopic (exact) mass is 346 g/mol. The van der Waals surface area contributed by atoms with Crippen LogP contribution in [0.2, 0.25) is 0 Å². The topological polar surface area (TPSA) is 23.6 Å². The van der Waals surface area contributed by atoms with Crippen molar-refractivity contribution in [3.05, 3.63) is 58.0 Å². The van der Waals surface area contributed by atoms with E-state index in [1.54, 1.807) is 23.5 Å². The number of benzene rings is 1. The third kappa shape index (κ3) is 4.89. The first-order valence-electron chi connectivity index (χ1n) is 8.46. The van der Waals surface area contributed by atoms with Crippen LogP contribution in [0.15, 0.2) is 41.1 Å². The Labute approximate surface area is 146 Å². The third-order valence-corrected chi connectivity index (χ3v) is 5.18. The predicted octanol–water partition coefficient (Wildman–Crippen LogP) is 3.55. The number of amides is 1. The zero-order valence-corrected chi connectivity index (χ0v) is 14.6. The quantitative estimate of drug-likeness (QED) is 0.826. The highest BCUT2D eigenvalue weighted by Gasteiger charge is 2.19. The van der Waals surface area contributed by atoms with Crippen LogP contribution in [0.1, 0.15) is 24.0 Å². The minimum Gasteiger partial charge on any atom is -0.341 e. The Hall–Kier alpha value is -1.72. The number of nitrogens with zero attached hydrogens (tertiary/aromatic N) is 2. The normalized spacial score (nSPS) is 16.1. The lowest BCUT2D eigenvalue weighted by atomic mass is 10.2. The molecule has 1 saturated heterocycles. The molecular formula is C19H23FN2OS. The molecule has 1 aliphatic rings. The van der Waals surface area contributed by atoms with Crippen molar-refractivity contribution in [2.24, 2.45) is 0 Å². The van der Waals surface area contributed by atoms with Gasteiger partial charge >= 0.3 is 0 Å². The Morgan fingerprint density at radius 2 is 2.04 bits per heavy atom. The van der Waals surface area contributed by atoms with E-state index >= 15 is 0 Å². The van der Waals surface area contributed by atoms with Crippen LogP contribution in [0.5, 0.6) is 0 Å². The lowest BCUT2D eigenvalue weighted by molar-refractivity contribution is -0.131. The van der Waals surface area contributed by atoms with Crippen molar-refractivity contribution in [3.63, 3.8) is 0 Å². The molecule has 0 N–H and O–H groups in total. The van der Waals surface area contributed by atoms with Gasteiger partial charge in [0.25, 0.3) is 0 Å². The van der Waals surface area contributed by atoms with Gasteiger partial charge in [0.1, 0.15) is 5.82 Å². The van der Waals surface area contributed by atoms with Crippen LogP contribution in [0.25, 0.3) is 0 Å². The Morgan fingerprint density at radius 3 is 2.83 bits per heavy atom. The fraction of sp³-hybridized carbons (Fsp3) is 0.421. The summed E-state index contributed by atoms with van der Waals surface area (Å²) in [5.74, 6) is 0.0568. The molecular weight excluding hydrogens is 323 g/mol. The molecule has 0 bridgehead atoms. The van der Waals surface area contributed by atoms with Gasteiger partial charge in [0.2, 0.25) is 5.91 Å². The fourth-order valence-corrected chi connectivity index (χ4v) is 3.82. The fourth-order valence-electron chi connectivity index (χ4n) is 3.12. The standard InChI is InChI=1S/C19H23FN2OS/c20-18-4-1-3-17(13-18)14-21-8-2-9-22(11-10-21)19(23)6-5-16-7-12-24-15-16/h1,3-4,7,12-13,15H,2,5-6,8-11,14H2. The highest BCUT2D eigenvalue weighted by Crippen LogP contribution is 2.13. The second-order valence-electron chi connectivity index (χ2n) is 6.27. The molecule has 0 spiro atoms. The van der Waals surface area contributed by atoms with Crippen LogP contribution >= 0.6 is 11.3 Å². The lowest BCUT2D eigenvalue weighted by Crippen LogP contribution is -2.35. The molecule has 1 aromatic heterocycles. The Kier molecular flexibility index (Phi) is 5.99. The molecule has 2 heterocycles. The number of aryl methyl sites for hydroxylation is 1. The third-order valence-electron chi connectivity index (χ3n) is 4.44. The molecule has 1 fully saturated rings. The summed E-state index contributed by atoms with van der Waals surface area (Å²) in [6.07, 6.45) is 2.38. The summed E-state index contributed by atoms with van der Waals surface area (Å²) in [5, 5.41) is 4.16. The maximum absolute atomic E-state index is 13.3. The molecule has 128 valence electrons. The van der Waals surface area contributed by atoms with Gasteiger partial charge in [-0.2, -0.15) is 11.3 Å². The van der Waals surface area contributed by atoms with Crippen LogP contribution in [-0.2, 0) is 17.8 Å². The highest BCUT2D eigenvalue weighted by atomic mass is 32.1. The average Bonchev–Trinajstić information content (AvgIpc) is 2.98. The van der Waals surface area contributed by atoms with Gasteiger partial charge in [-0.3, -0.25) is 9.69 Å². The minimum atomic E-state index is -0.187. The van der Waals surface area contributed by atoms with Crippen LogP contribution in [0, 0.1) is 5.82 Å². The molecule has 0 aliphatic carbocycles. The molecule has 1 amide bonds. The van der Waals surface area contributed by atoms with E-state index in [1.165, 1.54) is 11.6 Å². The van der Waals surface area contributed by atoms with Crippen molar-refractivity contribution >= 4 is 17.2 Å².